The van der Waals surface area contributed by atoms with Gasteiger partial charge in [0.05, 0.1) is 27.6 Å². The number of anilines is 1. The Hall–Kier alpha value is -2.86. The molecular weight excluding hydrogens is 382 g/mol. The zero-order valence-corrected chi connectivity index (χ0v) is 14.7. The Kier molecular flexibility index (Phi) is 4.11. The highest BCUT2D eigenvalue weighted by atomic mass is 79.9. The van der Waals surface area contributed by atoms with Crippen molar-refractivity contribution in [1.29, 1.82) is 0 Å². The monoisotopic (exact) mass is 395 g/mol. The van der Waals surface area contributed by atoms with Crippen molar-refractivity contribution in [3.8, 4) is 11.4 Å². The van der Waals surface area contributed by atoms with Crippen molar-refractivity contribution in [1.82, 2.24) is 9.78 Å². The zero-order chi connectivity index (χ0) is 17.2. The lowest BCUT2D eigenvalue weighted by Gasteiger charge is -2.18. The number of halogens is 1. The van der Waals surface area contributed by atoms with Gasteiger partial charge in [-0.15, -0.1) is 0 Å². The Balaban J connectivity index is 1.61. The number of rotatable bonds is 3. The van der Waals surface area contributed by atoms with Crippen LogP contribution >= 0.6 is 15.9 Å². The van der Waals surface area contributed by atoms with Crippen LogP contribution in [-0.4, -0.2) is 22.3 Å². The molecule has 1 aromatic heterocycles. The van der Waals surface area contributed by atoms with Gasteiger partial charge in [0.1, 0.15) is 12.4 Å². The first-order chi connectivity index (χ1) is 12.2. The Morgan fingerprint density at radius 1 is 1.16 bits per heavy atom. The van der Waals surface area contributed by atoms with Gasteiger partial charge in [-0.1, -0.05) is 30.3 Å². The SMILES string of the molecule is O=C(Nc1ccccc1-n1cc(Br)cn1)C1=Cc2ccccc2OC1. The second-order valence-electron chi connectivity index (χ2n) is 5.57. The number of nitrogens with zero attached hydrogens (tertiary/aromatic N) is 2. The molecule has 1 N–H and O–H groups in total. The number of nitrogens with one attached hydrogen (secondary N) is 1. The van der Waals surface area contributed by atoms with Gasteiger partial charge in [0.25, 0.3) is 5.91 Å². The quantitative estimate of drug-likeness (QED) is 0.727. The summed E-state index contributed by atoms with van der Waals surface area (Å²) < 4.78 is 8.24. The third-order valence-electron chi connectivity index (χ3n) is 3.87. The molecule has 1 amide bonds. The van der Waals surface area contributed by atoms with E-state index < -0.39 is 0 Å². The minimum atomic E-state index is -0.187. The lowest BCUT2D eigenvalue weighted by Crippen LogP contribution is -2.22. The Labute approximate surface area is 153 Å². The average molecular weight is 396 g/mol. The second kappa shape index (κ2) is 6.57. The van der Waals surface area contributed by atoms with Crippen molar-refractivity contribution in [2.24, 2.45) is 0 Å². The molecular formula is C19H14BrN3O2. The van der Waals surface area contributed by atoms with Gasteiger partial charge < -0.3 is 10.1 Å². The highest BCUT2D eigenvalue weighted by molar-refractivity contribution is 9.10. The molecule has 1 aliphatic rings. The van der Waals surface area contributed by atoms with E-state index in [1.54, 1.807) is 10.9 Å². The van der Waals surface area contributed by atoms with Crippen LogP contribution in [0.25, 0.3) is 11.8 Å². The summed E-state index contributed by atoms with van der Waals surface area (Å²) in [7, 11) is 0. The molecule has 3 aromatic rings. The number of carbonyl (C=O) groups is 1. The van der Waals surface area contributed by atoms with E-state index in [1.165, 1.54) is 0 Å². The molecule has 0 unspecified atom stereocenters. The minimum absolute atomic E-state index is 0.187. The van der Waals surface area contributed by atoms with Crippen LogP contribution in [0.2, 0.25) is 0 Å². The maximum atomic E-state index is 12.7. The van der Waals surface area contributed by atoms with E-state index >= 15 is 0 Å². The van der Waals surface area contributed by atoms with Crippen molar-refractivity contribution >= 4 is 33.6 Å². The molecule has 6 heteroatoms. The molecule has 1 aliphatic heterocycles. The van der Waals surface area contributed by atoms with Gasteiger partial charge in [-0.25, -0.2) is 4.68 Å². The van der Waals surface area contributed by atoms with E-state index in [0.29, 0.717) is 11.3 Å². The lowest BCUT2D eigenvalue weighted by molar-refractivity contribution is -0.113. The summed E-state index contributed by atoms with van der Waals surface area (Å²) in [6.07, 6.45) is 5.40. The number of benzene rings is 2. The second-order valence-corrected chi connectivity index (χ2v) is 6.49. The van der Waals surface area contributed by atoms with Gasteiger partial charge in [-0.05, 0) is 40.2 Å². The van der Waals surface area contributed by atoms with E-state index in [0.717, 1.165) is 21.5 Å². The zero-order valence-electron chi connectivity index (χ0n) is 13.1. The molecule has 0 fully saturated rings. The number of aromatic nitrogens is 2. The number of ether oxygens (including phenoxy) is 1. The summed E-state index contributed by atoms with van der Waals surface area (Å²) in [5.74, 6) is 0.606. The molecule has 2 heterocycles. The Morgan fingerprint density at radius 3 is 2.80 bits per heavy atom. The van der Waals surface area contributed by atoms with Crippen LogP contribution in [0.1, 0.15) is 5.56 Å². The summed E-state index contributed by atoms with van der Waals surface area (Å²) >= 11 is 3.39. The van der Waals surface area contributed by atoms with Crippen LogP contribution in [0.5, 0.6) is 5.75 Å². The highest BCUT2D eigenvalue weighted by Crippen LogP contribution is 2.27. The predicted molar refractivity (Wildman–Crippen MR) is 99.8 cm³/mol. The topological polar surface area (TPSA) is 56.2 Å². The molecule has 0 saturated carbocycles. The number of amides is 1. The molecule has 2 aromatic carbocycles. The third kappa shape index (κ3) is 3.21. The van der Waals surface area contributed by atoms with E-state index in [4.69, 9.17) is 4.74 Å². The van der Waals surface area contributed by atoms with E-state index in [9.17, 15) is 4.79 Å². The predicted octanol–water partition coefficient (Wildman–Crippen LogP) is 4.05. The first kappa shape index (κ1) is 15.7. The molecule has 0 saturated heterocycles. The summed E-state index contributed by atoms with van der Waals surface area (Å²) in [6.45, 7) is 0.248. The minimum Gasteiger partial charge on any atom is -0.488 e. The van der Waals surface area contributed by atoms with Crippen LogP contribution in [0, 0.1) is 0 Å². The smallest absolute Gasteiger partial charge is 0.255 e. The first-order valence-electron chi connectivity index (χ1n) is 7.74. The fourth-order valence-corrected chi connectivity index (χ4v) is 2.95. The van der Waals surface area contributed by atoms with Crippen LogP contribution in [0.15, 0.2) is 71.0 Å². The molecule has 0 atom stereocenters. The summed E-state index contributed by atoms with van der Waals surface area (Å²) in [4.78, 5) is 12.7. The van der Waals surface area contributed by atoms with Crippen LogP contribution in [0.3, 0.4) is 0 Å². The first-order valence-corrected chi connectivity index (χ1v) is 8.53. The number of hydrogen-bond acceptors (Lipinski definition) is 3. The van der Waals surface area contributed by atoms with E-state index in [2.05, 4.69) is 26.3 Å². The fourth-order valence-electron chi connectivity index (χ4n) is 2.66. The van der Waals surface area contributed by atoms with Crippen molar-refractivity contribution in [3.05, 3.63) is 76.5 Å². The fraction of sp³-hybridized carbons (Fsp3) is 0.0526. The summed E-state index contributed by atoms with van der Waals surface area (Å²) in [5, 5.41) is 7.23. The van der Waals surface area contributed by atoms with Gasteiger partial charge in [-0.3, -0.25) is 4.79 Å². The largest absolute Gasteiger partial charge is 0.488 e. The van der Waals surface area contributed by atoms with Gasteiger partial charge in [0.2, 0.25) is 0 Å². The number of fused-ring (bicyclic) bond motifs is 1. The summed E-state index contributed by atoms with van der Waals surface area (Å²) in [5.41, 5.74) is 2.96. The number of hydrogen-bond donors (Lipinski definition) is 1. The normalized spacial score (nSPS) is 12.8. The Morgan fingerprint density at radius 2 is 1.96 bits per heavy atom. The maximum absolute atomic E-state index is 12.7. The molecule has 0 bridgehead atoms. The van der Waals surface area contributed by atoms with E-state index in [-0.39, 0.29) is 12.5 Å². The molecule has 4 rings (SSSR count). The number of carbonyl (C=O) groups excluding carboxylic acids is 1. The van der Waals surface area contributed by atoms with E-state index in [1.807, 2.05) is 60.8 Å². The van der Waals surface area contributed by atoms with Crippen molar-refractivity contribution in [2.75, 3.05) is 11.9 Å². The van der Waals surface area contributed by atoms with Gasteiger partial charge in [-0.2, -0.15) is 5.10 Å². The molecule has 5 nitrogen and oxygen atoms in total. The van der Waals surface area contributed by atoms with Gasteiger partial charge >= 0.3 is 0 Å². The molecule has 0 spiro atoms. The van der Waals surface area contributed by atoms with Gasteiger partial charge in [0.15, 0.2) is 0 Å². The molecule has 25 heavy (non-hydrogen) atoms. The van der Waals surface area contributed by atoms with Crippen LogP contribution in [-0.2, 0) is 4.79 Å². The third-order valence-corrected chi connectivity index (χ3v) is 4.28. The van der Waals surface area contributed by atoms with Crippen LogP contribution < -0.4 is 10.1 Å². The average Bonchev–Trinajstić information content (AvgIpc) is 3.08. The van der Waals surface area contributed by atoms with Crippen molar-refractivity contribution in [2.45, 2.75) is 0 Å². The van der Waals surface area contributed by atoms with Gasteiger partial charge in [0, 0.05) is 11.8 Å². The Bertz CT molecular complexity index is 978. The lowest BCUT2D eigenvalue weighted by atomic mass is 10.1. The maximum Gasteiger partial charge on any atom is 0.255 e. The summed E-state index contributed by atoms with van der Waals surface area (Å²) in [6, 6.07) is 15.2. The number of para-hydroxylation sites is 3. The molecule has 0 aliphatic carbocycles. The van der Waals surface area contributed by atoms with Crippen molar-refractivity contribution < 1.29 is 9.53 Å². The van der Waals surface area contributed by atoms with Crippen molar-refractivity contribution in [3.63, 3.8) is 0 Å². The standard InChI is InChI=1S/C19H14BrN3O2/c20-15-10-21-23(11-15)17-7-3-2-6-16(17)22-19(24)14-9-13-5-1-4-8-18(13)25-12-14/h1-11H,12H2,(H,22,24). The molecule has 124 valence electrons. The van der Waals surface area contributed by atoms with Crippen LogP contribution in [0.4, 0.5) is 5.69 Å². The molecule has 0 radical (unpaired) electrons. The highest BCUT2D eigenvalue weighted by Gasteiger charge is 2.18.